The van der Waals surface area contributed by atoms with Crippen LogP contribution in [0.1, 0.15) is 12.0 Å². The van der Waals surface area contributed by atoms with Crippen molar-refractivity contribution in [3.8, 4) is 0 Å². The van der Waals surface area contributed by atoms with Crippen LogP contribution in [0.15, 0.2) is 18.2 Å². The van der Waals surface area contributed by atoms with Crippen molar-refractivity contribution in [2.24, 2.45) is 0 Å². The van der Waals surface area contributed by atoms with Gasteiger partial charge in [0.25, 0.3) is 0 Å². The average Bonchev–Trinajstić information content (AvgIpc) is 2.41. The molecule has 3 nitrogen and oxygen atoms in total. The van der Waals surface area contributed by atoms with Crippen LogP contribution >= 0.6 is 11.8 Å². The van der Waals surface area contributed by atoms with Crippen molar-refractivity contribution in [3.05, 3.63) is 29.6 Å². The van der Waals surface area contributed by atoms with Gasteiger partial charge in [0, 0.05) is 30.5 Å². The minimum Gasteiger partial charge on any atom is -0.324 e. The second-order valence-electron chi connectivity index (χ2n) is 4.67. The zero-order valence-corrected chi connectivity index (χ0v) is 11.8. The van der Waals surface area contributed by atoms with E-state index in [-0.39, 0.29) is 12.5 Å². The van der Waals surface area contributed by atoms with Gasteiger partial charge in [-0.2, -0.15) is 24.9 Å². The Morgan fingerprint density at radius 1 is 1.43 bits per heavy atom. The van der Waals surface area contributed by atoms with Gasteiger partial charge in [-0.15, -0.1) is 0 Å². The normalized spacial score (nSPS) is 19.3. The molecule has 1 aromatic carbocycles. The lowest BCUT2D eigenvalue weighted by atomic mass is 10.1. The Hall–Kier alpha value is -1.28. The highest BCUT2D eigenvalue weighted by molar-refractivity contribution is 7.99. The largest absolute Gasteiger partial charge is 0.416 e. The highest BCUT2D eigenvalue weighted by Gasteiger charge is 2.31. The number of thioether (sulfide) groups is 1. The van der Waals surface area contributed by atoms with Crippen molar-refractivity contribution in [2.45, 2.75) is 18.6 Å². The molecular weight excluding hydrogens is 308 g/mol. The molecule has 0 spiro atoms. The molecule has 2 N–H and O–H groups in total. The molecule has 1 fully saturated rings. The maximum absolute atomic E-state index is 13.5. The molecule has 0 aromatic heterocycles. The SMILES string of the molecule is O=C(CC1CSCCN1)Nc1cc(C(F)(F)F)ccc1F. The van der Waals surface area contributed by atoms with E-state index in [4.69, 9.17) is 0 Å². The van der Waals surface area contributed by atoms with Crippen molar-refractivity contribution in [1.82, 2.24) is 5.32 Å². The number of rotatable bonds is 3. The van der Waals surface area contributed by atoms with E-state index in [1.54, 1.807) is 11.8 Å². The maximum Gasteiger partial charge on any atom is 0.416 e. The summed E-state index contributed by atoms with van der Waals surface area (Å²) in [6.07, 6.45) is -4.47. The van der Waals surface area contributed by atoms with Crippen LogP contribution < -0.4 is 10.6 Å². The Morgan fingerprint density at radius 3 is 2.81 bits per heavy atom. The van der Waals surface area contributed by atoms with E-state index < -0.39 is 29.2 Å². The molecule has 1 heterocycles. The fraction of sp³-hybridized carbons (Fsp3) is 0.462. The molecule has 0 bridgehead atoms. The summed E-state index contributed by atoms with van der Waals surface area (Å²) in [5.41, 5.74) is -1.44. The maximum atomic E-state index is 13.5. The Labute approximate surface area is 123 Å². The van der Waals surface area contributed by atoms with E-state index in [0.29, 0.717) is 18.2 Å². The topological polar surface area (TPSA) is 41.1 Å². The van der Waals surface area contributed by atoms with Gasteiger partial charge in [-0.25, -0.2) is 4.39 Å². The number of hydrogen-bond acceptors (Lipinski definition) is 3. The number of carbonyl (C=O) groups excluding carboxylic acids is 1. The predicted molar refractivity (Wildman–Crippen MR) is 73.8 cm³/mol. The lowest BCUT2D eigenvalue weighted by molar-refractivity contribution is -0.137. The molecule has 1 unspecified atom stereocenters. The monoisotopic (exact) mass is 322 g/mol. The van der Waals surface area contributed by atoms with E-state index in [0.717, 1.165) is 18.1 Å². The first-order valence-corrected chi connectivity index (χ1v) is 7.49. The summed E-state index contributed by atoms with van der Waals surface area (Å²) in [4.78, 5) is 11.8. The van der Waals surface area contributed by atoms with Gasteiger partial charge >= 0.3 is 6.18 Å². The van der Waals surface area contributed by atoms with Crippen molar-refractivity contribution in [3.63, 3.8) is 0 Å². The average molecular weight is 322 g/mol. The van der Waals surface area contributed by atoms with Crippen LogP contribution in [0.5, 0.6) is 0 Å². The summed E-state index contributed by atoms with van der Waals surface area (Å²) in [7, 11) is 0. The van der Waals surface area contributed by atoms with Crippen LogP contribution in [0.3, 0.4) is 0 Å². The van der Waals surface area contributed by atoms with E-state index in [1.807, 2.05) is 0 Å². The number of hydrogen-bond donors (Lipinski definition) is 2. The van der Waals surface area contributed by atoms with Crippen LogP contribution in [-0.2, 0) is 11.0 Å². The van der Waals surface area contributed by atoms with Gasteiger partial charge in [0.2, 0.25) is 5.91 Å². The van der Waals surface area contributed by atoms with Gasteiger partial charge in [0.1, 0.15) is 5.82 Å². The van der Waals surface area contributed by atoms with Crippen LogP contribution in [0.25, 0.3) is 0 Å². The van der Waals surface area contributed by atoms with Crippen molar-refractivity contribution in [2.75, 3.05) is 23.4 Å². The predicted octanol–water partition coefficient (Wildman–Crippen LogP) is 2.88. The van der Waals surface area contributed by atoms with Gasteiger partial charge in [0.15, 0.2) is 0 Å². The minimum absolute atomic E-state index is 0.0439. The Kier molecular flexibility index (Phi) is 5.10. The molecule has 2 rings (SSSR count). The second kappa shape index (κ2) is 6.65. The smallest absolute Gasteiger partial charge is 0.324 e. The number of benzene rings is 1. The van der Waals surface area contributed by atoms with Crippen molar-refractivity contribution in [1.29, 1.82) is 0 Å². The third-order valence-corrected chi connectivity index (χ3v) is 4.13. The lowest BCUT2D eigenvalue weighted by Crippen LogP contribution is -2.40. The standard InChI is InChI=1S/C13H14F4N2OS/c14-10-2-1-8(13(15,16)17)5-11(10)19-12(20)6-9-7-21-4-3-18-9/h1-2,5,9,18H,3-4,6-7H2,(H,19,20). The summed E-state index contributed by atoms with van der Waals surface area (Å²) in [5, 5.41) is 5.34. The zero-order chi connectivity index (χ0) is 15.5. The zero-order valence-electron chi connectivity index (χ0n) is 11.0. The number of anilines is 1. The van der Waals surface area contributed by atoms with E-state index >= 15 is 0 Å². The van der Waals surface area contributed by atoms with Crippen molar-refractivity contribution >= 4 is 23.4 Å². The second-order valence-corrected chi connectivity index (χ2v) is 5.82. The number of amides is 1. The minimum atomic E-state index is -4.57. The molecule has 1 atom stereocenters. The van der Waals surface area contributed by atoms with Gasteiger partial charge in [-0.05, 0) is 18.2 Å². The molecule has 1 saturated heterocycles. The summed E-state index contributed by atoms with van der Waals surface area (Å²) >= 11 is 1.69. The summed E-state index contributed by atoms with van der Waals surface area (Å²) in [6.45, 7) is 0.778. The molecule has 1 amide bonds. The van der Waals surface area contributed by atoms with Crippen molar-refractivity contribution < 1.29 is 22.4 Å². The molecule has 0 aliphatic carbocycles. The molecule has 1 aliphatic rings. The highest BCUT2D eigenvalue weighted by atomic mass is 32.2. The third kappa shape index (κ3) is 4.60. The third-order valence-electron chi connectivity index (χ3n) is 3.00. The Morgan fingerprint density at radius 2 is 2.19 bits per heavy atom. The van der Waals surface area contributed by atoms with Gasteiger partial charge in [-0.3, -0.25) is 4.79 Å². The number of carbonyl (C=O) groups is 1. The van der Waals surface area contributed by atoms with E-state index in [9.17, 15) is 22.4 Å². The number of halogens is 4. The molecule has 0 saturated carbocycles. The fourth-order valence-corrected chi connectivity index (χ4v) is 2.92. The van der Waals surface area contributed by atoms with Gasteiger partial charge in [-0.1, -0.05) is 0 Å². The molecule has 0 radical (unpaired) electrons. The molecule has 21 heavy (non-hydrogen) atoms. The summed E-state index contributed by atoms with van der Waals surface area (Å²) in [6, 6.07) is 1.91. The summed E-state index contributed by atoms with van der Waals surface area (Å²) < 4.78 is 51.2. The lowest BCUT2D eigenvalue weighted by Gasteiger charge is -2.22. The molecule has 1 aliphatic heterocycles. The van der Waals surface area contributed by atoms with Crippen LogP contribution in [0.4, 0.5) is 23.2 Å². The quantitative estimate of drug-likeness (QED) is 0.841. The van der Waals surface area contributed by atoms with Crippen LogP contribution in [0.2, 0.25) is 0 Å². The molecule has 1 aromatic rings. The van der Waals surface area contributed by atoms with Crippen LogP contribution in [0, 0.1) is 5.82 Å². The number of alkyl halides is 3. The van der Waals surface area contributed by atoms with Gasteiger partial charge < -0.3 is 10.6 Å². The number of nitrogens with one attached hydrogen (secondary N) is 2. The first-order valence-electron chi connectivity index (χ1n) is 6.34. The van der Waals surface area contributed by atoms with Crippen LogP contribution in [-0.4, -0.2) is 30.0 Å². The van der Waals surface area contributed by atoms with E-state index in [1.165, 1.54) is 0 Å². The molecule has 116 valence electrons. The highest BCUT2D eigenvalue weighted by Crippen LogP contribution is 2.31. The van der Waals surface area contributed by atoms with Gasteiger partial charge in [0.05, 0.1) is 11.3 Å². The summed E-state index contributed by atoms with van der Waals surface area (Å²) in [5.74, 6) is 0.314. The fourth-order valence-electron chi connectivity index (χ4n) is 1.97. The molecular formula is C13H14F4N2OS. The first kappa shape index (κ1) is 16.1. The Bertz CT molecular complexity index is 515. The Balaban J connectivity index is 2.02. The van der Waals surface area contributed by atoms with E-state index in [2.05, 4.69) is 10.6 Å². The molecule has 8 heteroatoms. The first-order chi connectivity index (χ1) is 9.86.